The molecule has 3 aromatic carbocycles. The van der Waals surface area contributed by atoms with Crippen molar-refractivity contribution in [3.63, 3.8) is 0 Å². The van der Waals surface area contributed by atoms with E-state index in [9.17, 15) is 24.3 Å². The fraction of sp³-hybridized carbons (Fsp3) is 0.449. The second kappa shape index (κ2) is 27.7. The van der Waals surface area contributed by atoms with Crippen LogP contribution in [0.2, 0.25) is 0 Å². The van der Waals surface area contributed by atoms with E-state index < -0.39 is 5.91 Å². The van der Waals surface area contributed by atoms with Crippen LogP contribution in [0.4, 0.5) is 5.95 Å². The molecule has 0 spiro atoms. The number of imidazole rings is 1. The maximum Gasteiger partial charge on any atom is 0.258 e. The number of fused-ring (bicyclic) bond motifs is 2. The second-order valence-corrected chi connectivity index (χ2v) is 16.1. The minimum Gasteiger partial charge on any atom is -0.504 e. The van der Waals surface area contributed by atoms with E-state index in [1.165, 1.54) is 17.7 Å². The number of carbonyl (C=O) groups excluding carboxylic acids is 4. The van der Waals surface area contributed by atoms with Gasteiger partial charge in [0, 0.05) is 46.2 Å². The Morgan fingerprint density at radius 3 is 1.97 bits per heavy atom. The summed E-state index contributed by atoms with van der Waals surface area (Å²) < 4.78 is 51.7. The molecular weight excluding hydrogens is 911 g/mol. The lowest BCUT2D eigenvalue weighted by atomic mass is 10.0. The summed E-state index contributed by atoms with van der Waals surface area (Å²) >= 11 is 0. The molecule has 0 atom stereocenters. The first-order valence-electron chi connectivity index (χ1n) is 23.0. The summed E-state index contributed by atoms with van der Waals surface area (Å²) in [7, 11) is 1.61. The van der Waals surface area contributed by atoms with Crippen molar-refractivity contribution in [2.75, 3.05) is 112 Å². The quantitative estimate of drug-likeness (QED) is 0.0299. The zero-order chi connectivity index (χ0) is 49.7. The van der Waals surface area contributed by atoms with E-state index in [0.717, 1.165) is 10.9 Å². The van der Waals surface area contributed by atoms with Gasteiger partial charge < -0.3 is 57.7 Å². The SMILES string of the molecule is COCCOCCOCCOCCOc1c(O)cc(C(=O)Nc2nc3ccc(C(=O)C(C)C)cc3[nH]2)cc1COCCOCCOCCOCCn1cc(C(=O)c2cc3cc(C(C)=O)ccc3[nH]2)nn1. The van der Waals surface area contributed by atoms with E-state index in [0.29, 0.717) is 113 Å². The molecule has 0 unspecified atom stereocenters. The Hall–Kier alpha value is -6.43. The van der Waals surface area contributed by atoms with Crippen LogP contribution in [0, 0.1) is 5.92 Å². The van der Waals surface area contributed by atoms with Crippen molar-refractivity contribution in [1.82, 2.24) is 29.9 Å². The average molecular weight is 972 g/mol. The van der Waals surface area contributed by atoms with Crippen molar-refractivity contribution in [3.05, 3.63) is 94.4 Å². The van der Waals surface area contributed by atoms with Gasteiger partial charge in [-0.15, -0.1) is 5.10 Å². The third kappa shape index (κ3) is 16.1. The van der Waals surface area contributed by atoms with Gasteiger partial charge in [0.05, 0.1) is 129 Å². The normalized spacial score (nSPS) is 11.6. The standard InChI is InChI=1S/C49H61N7O14/c1-32(2)45(59)35-6-8-40-41(27-35)52-49(51-40)53-48(61)37-26-38(47(44(58)29-37)70-24-23-68-20-19-66-16-15-64-12-11-62-4)31-69-22-21-67-18-17-65-14-13-63-10-9-56-30-43(54-55-56)46(60)42-28-36-25-34(33(3)57)5-7-39(36)50-42/h5-8,25-30,32,50,58H,9-24,31H2,1-4H3,(H2,51,52,53,61). The van der Waals surface area contributed by atoms with Gasteiger partial charge in [0.15, 0.2) is 28.8 Å². The summed E-state index contributed by atoms with van der Waals surface area (Å²) in [6.45, 7) is 10.5. The number of aromatic nitrogens is 6. The molecule has 3 heterocycles. The predicted molar refractivity (Wildman–Crippen MR) is 255 cm³/mol. The van der Waals surface area contributed by atoms with Crippen LogP contribution in [-0.2, 0) is 51.0 Å². The van der Waals surface area contributed by atoms with Crippen LogP contribution < -0.4 is 10.1 Å². The lowest BCUT2D eigenvalue weighted by Gasteiger charge is -2.16. The van der Waals surface area contributed by atoms with Crippen LogP contribution in [-0.4, -0.2) is 165 Å². The molecule has 0 saturated carbocycles. The minimum absolute atomic E-state index is 0.00820. The summed E-state index contributed by atoms with van der Waals surface area (Å²) in [5.41, 5.74) is 4.09. The number of hydrogen-bond donors (Lipinski definition) is 4. The molecule has 6 rings (SSSR count). The highest BCUT2D eigenvalue weighted by Crippen LogP contribution is 2.33. The number of rotatable bonds is 34. The third-order valence-corrected chi connectivity index (χ3v) is 10.5. The Balaban J connectivity index is 0.892. The summed E-state index contributed by atoms with van der Waals surface area (Å²) in [4.78, 5) is 61.3. The molecule has 0 aliphatic rings. The summed E-state index contributed by atoms with van der Waals surface area (Å²) in [5.74, 6) is -1.05. The van der Waals surface area contributed by atoms with Crippen LogP contribution in [0.5, 0.6) is 11.5 Å². The second-order valence-electron chi connectivity index (χ2n) is 16.1. The van der Waals surface area contributed by atoms with Gasteiger partial charge in [-0.3, -0.25) is 24.5 Å². The highest BCUT2D eigenvalue weighted by atomic mass is 16.6. The molecule has 1 amide bonds. The number of phenolic OH excluding ortho intramolecular Hbond substituents is 1. The van der Waals surface area contributed by atoms with E-state index >= 15 is 0 Å². The first-order chi connectivity index (χ1) is 34.0. The number of ether oxygens (including phenoxy) is 9. The molecule has 376 valence electrons. The highest BCUT2D eigenvalue weighted by molar-refractivity contribution is 6.09. The number of anilines is 1. The molecule has 6 aromatic rings. The van der Waals surface area contributed by atoms with Crippen molar-refractivity contribution < 1.29 is 66.9 Å². The van der Waals surface area contributed by atoms with E-state index in [2.05, 4.69) is 30.6 Å². The molecule has 0 aliphatic carbocycles. The zero-order valence-corrected chi connectivity index (χ0v) is 39.9. The molecule has 0 radical (unpaired) electrons. The smallest absolute Gasteiger partial charge is 0.258 e. The summed E-state index contributed by atoms with van der Waals surface area (Å²) in [5, 5.41) is 22.6. The molecule has 4 N–H and O–H groups in total. The maximum atomic E-state index is 13.5. The molecule has 0 aliphatic heterocycles. The Bertz CT molecular complexity index is 2640. The van der Waals surface area contributed by atoms with Gasteiger partial charge in [-0.05, 0) is 61.5 Å². The van der Waals surface area contributed by atoms with E-state index in [-0.39, 0.29) is 85.0 Å². The number of ketones is 3. The van der Waals surface area contributed by atoms with Crippen LogP contribution in [0.3, 0.4) is 0 Å². The first-order valence-corrected chi connectivity index (χ1v) is 23.0. The summed E-state index contributed by atoms with van der Waals surface area (Å²) in [6, 6.07) is 14.9. The number of phenols is 1. The average Bonchev–Trinajstić information content (AvgIpc) is 4.11. The van der Waals surface area contributed by atoms with Gasteiger partial charge in [0.25, 0.3) is 5.91 Å². The Morgan fingerprint density at radius 1 is 0.686 bits per heavy atom. The lowest BCUT2D eigenvalue weighted by Crippen LogP contribution is -2.16. The fourth-order valence-electron chi connectivity index (χ4n) is 6.82. The van der Waals surface area contributed by atoms with Crippen molar-refractivity contribution in [3.8, 4) is 11.5 Å². The van der Waals surface area contributed by atoms with E-state index in [1.54, 1.807) is 61.8 Å². The van der Waals surface area contributed by atoms with Crippen molar-refractivity contribution in [2.24, 2.45) is 5.92 Å². The maximum absolute atomic E-state index is 13.5. The number of hydrogen-bond acceptors (Lipinski definition) is 17. The third-order valence-electron chi connectivity index (χ3n) is 10.5. The number of aromatic amines is 2. The monoisotopic (exact) mass is 971 g/mol. The number of amides is 1. The van der Waals surface area contributed by atoms with Crippen molar-refractivity contribution in [2.45, 2.75) is 33.9 Å². The Kier molecular flexibility index (Phi) is 20.9. The molecule has 0 bridgehead atoms. The first kappa shape index (κ1) is 52.9. The van der Waals surface area contributed by atoms with E-state index in [4.69, 9.17) is 42.6 Å². The van der Waals surface area contributed by atoms with Crippen molar-refractivity contribution in [1.29, 1.82) is 0 Å². The number of H-pyrrole nitrogens is 2. The van der Waals surface area contributed by atoms with Crippen LogP contribution >= 0.6 is 0 Å². The number of nitrogens with one attached hydrogen (secondary N) is 3. The largest absolute Gasteiger partial charge is 0.504 e. The topological polar surface area (TPSA) is 259 Å². The number of carbonyl (C=O) groups is 4. The number of benzene rings is 3. The lowest BCUT2D eigenvalue weighted by molar-refractivity contribution is -0.00554. The van der Waals surface area contributed by atoms with Crippen molar-refractivity contribution >= 4 is 51.1 Å². The molecule has 0 fully saturated rings. The van der Waals surface area contributed by atoms with Crippen LogP contribution in [0.15, 0.2) is 60.8 Å². The molecule has 21 heteroatoms. The fourth-order valence-corrected chi connectivity index (χ4v) is 6.82. The summed E-state index contributed by atoms with van der Waals surface area (Å²) in [6.07, 6.45) is 1.56. The molecule has 3 aromatic heterocycles. The van der Waals surface area contributed by atoms with Gasteiger partial charge in [0.1, 0.15) is 6.61 Å². The van der Waals surface area contributed by atoms with Crippen LogP contribution in [0.1, 0.15) is 73.6 Å². The van der Waals surface area contributed by atoms with Gasteiger partial charge in [-0.1, -0.05) is 19.1 Å². The van der Waals surface area contributed by atoms with Gasteiger partial charge in [-0.2, -0.15) is 0 Å². The minimum atomic E-state index is -0.547. The number of Topliss-reactive ketones (excluding diaryl/α,β-unsaturated/α-hetero) is 2. The molecule has 70 heavy (non-hydrogen) atoms. The Labute approximate surface area is 404 Å². The molecule has 21 nitrogen and oxygen atoms in total. The number of nitrogens with zero attached hydrogens (tertiary/aromatic N) is 4. The molecule has 0 saturated heterocycles. The van der Waals surface area contributed by atoms with Gasteiger partial charge >= 0.3 is 0 Å². The number of aromatic hydroxyl groups is 1. The number of methoxy groups -OCH3 is 1. The van der Waals surface area contributed by atoms with Gasteiger partial charge in [0.2, 0.25) is 11.7 Å². The predicted octanol–water partition coefficient (Wildman–Crippen LogP) is 5.21. The van der Waals surface area contributed by atoms with Crippen LogP contribution in [0.25, 0.3) is 21.9 Å². The highest BCUT2D eigenvalue weighted by Gasteiger charge is 2.20. The Morgan fingerprint density at radius 2 is 1.31 bits per heavy atom. The van der Waals surface area contributed by atoms with E-state index in [1.807, 2.05) is 13.8 Å². The molecular formula is C49H61N7O14. The zero-order valence-electron chi connectivity index (χ0n) is 39.9. The van der Waals surface area contributed by atoms with Gasteiger partial charge in [-0.25, -0.2) is 9.67 Å².